The lowest BCUT2D eigenvalue weighted by atomic mass is 10.2. The summed E-state index contributed by atoms with van der Waals surface area (Å²) in [5.41, 5.74) is 3.48. The van der Waals surface area contributed by atoms with Crippen LogP contribution in [-0.2, 0) is 16.2 Å². The first-order chi connectivity index (χ1) is 13.5. The lowest BCUT2D eigenvalue weighted by molar-refractivity contribution is -0.139. The number of carbonyl (C=O) groups is 2. The number of carbonyl (C=O) groups excluding carboxylic acids is 2. The molecule has 0 radical (unpaired) electrons. The molecule has 0 heterocycles. The molecule has 0 fully saturated rings. The van der Waals surface area contributed by atoms with Crippen LogP contribution in [0.3, 0.4) is 0 Å². The number of benzene rings is 2. The fourth-order valence-electron chi connectivity index (χ4n) is 2.18. The van der Waals surface area contributed by atoms with Crippen molar-refractivity contribution in [2.45, 2.75) is 13.5 Å². The zero-order valence-electron chi connectivity index (χ0n) is 15.3. The van der Waals surface area contributed by atoms with Crippen LogP contribution in [0.15, 0.2) is 41.5 Å². The smallest absolute Gasteiger partial charge is 0.329 e. The summed E-state index contributed by atoms with van der Waals surface area (Å²) in [6, 6.07) is 10.5. The van der Waals surface area contributed by atoms with E-state index < -0.39 is 11.8 Å². The first-order valence-corrected chi connectivity index (χ1v) is 9.06. The Morgan fingerprint density at radius 1 is 1.14 bits per heavy atom. The van der Waals surface area contributed by atoms with Crippen LogP contribution in [0.4, 0.5) is 0 Å². The number of ether oxygens (including phenoxy) is 2. The van der Waals surface area contributed by atoms with Gasteiger partial charge in [0.25, 0.3) is 0 Å². The van der Waals surface area contributed by atoms with Crippen molar-refractivity contribution in [3.05, 3.63) is 57.6 Å². The molecule has 7 nitrogen and oxygen atoms in total. The van der Waals surface area contributed by atoms with Crippen LogP contribution in [0.1, 0.15) is 18.1 Å². The zero-order valence-corrected chi connectivity index (χ0v) is 16.8. The van der Waals surface area contributed by atoms with Crippen molar-refractivity contribution in [2.75, 3.05) is 13.7 Å². The van der Waals surface area contributed by atoms with Crippen molar-refractivity contribution in [3.63, 3.8) is 0 Å². The minimum atomic E-state index is -0.865. The molecule has 2 rings (SSSR count). The molecule has 0 saturated carbocycles. The summed E-state index contributed by atoms with van der Waals surface area (Å²) in [7, 11) is 1.48. The first-order valence-electron chi connectivity index (χ1n) is 8.31. The fraction of sp³-hybridized carbons (Fsp3) is 0.211. The molecule has 9 heteroatoms. The van der Waals surface area contributed by atoms with Crippen LogP contribution in [0, 0.1) is 0 Å². The quantitative estimate of drug-likeness (QED) is 0.406. The van der Waals surface area contributed by atoms with Crippen molar-refractivity contribution < 1.29 is 19.1 Å². The number of rotatable bonds is 7. The third-order valence-corrected chi connectivity index (χ3v) is 4.15. The van der Waals surface area contributed by atoms with Crippen molar-refractivity contribution in [1.29, 1.82) is 0 Å². The number of hydrogen-bond donors (Lipinski definition) is 2. The summed E-state index contributed by atoms with van der Waals surface area (Å²) in [4.78, 5) is 22.8. The summed E-state index contributed by atoms with van der Waals surface area (Å²) in [6.07, 6.45) is 1.34. The highest BCUT2D eigenvalue weighted by Gasteiger charge is 2.13. The second-order valence-electron chi connectivity index (χ2n) is 5.47. The summed E-state index contributed by atoms with van der Waals surface area (Å²) in [5.74, 6) is -0.891. The maximum absolute atomic E-state index is 11.5. The van der Waals surface area contributed by atoms with E-state index in [9.17, 15) is 9.59 Å². The lowest BCUT2D eigenvalue weighted by Gasteiger charge is -2.14. The molecule has 0 unspecified atom stereocenters. The summed E-state index contributed by atoms with van der Waals surface area (Å²) < 4.78 is 11.1. The highest BCUT2D eigenvalue weighted by Crippen LogP contribution is 2.36. The van der Waals surface area contributed by atoms with Crippen molar-refractivity contribution in [2.24, 2.45) is 5.10 Å². The van der Waals surface area contributed by atoms with Crippen LogP contribution in [0.5, 0.6) is 11.5 Å². The number of hydrazone groups is 1. The number of nitrogens with zero attached hydrogens (tertiary/aromatic N) is 1. The molecule has 0 atom stereocenters. The largest absolute Gasteiger partial charge is 0.493 e. The van der Waals surface area contributed by atoms with Crippen LogP contribution < -0.4 is 20.2 Å². The van der Waals surface area contributed by atoms with Gasteiger partial charge in [-0.05, 0) is 30.7 Å². The van der Waals surface area contributed by atoms with Gasteiger partial charge in [-0.15, -0.1) is 0 Å². The molecule has 0 aromatic heterocycles. The van der Waals surface area contributed by atoms with Gasteiger partial charge in [0.15, 0.2) is 11.5 Å². The predicted molar refractivity (Wildman–Crippen MR) is 108 cm³/mol. The average molecular weight is 424 g/mol. The van der Waals surface area contributed by atoms with Crippen LogP contribution in [0.25, 0.3) is 0 Å². The lowest BCUT2D eigenvalue weighted by Crippen LogP contribution is -2.37. The third kappa shape index (κ3) is 5.87. The molecular formula is C19H19Cl2N3O4. The Morgan fingerprint density at radius 2 is 1.89 bits per heavy atom. The van der Waals surface area contributed by atoms with E-state index in [2.05, 4.69) is 15.8 Å². The van der Waals surface area contributed by atoms with E-state index in [-0.39, 0.29) is 6.61 Å². The molecule has 28 heavy (non-hydrogen) atoms. The molecule has 2 aromatic rings. The molecule has 2 amide bonds. The molecule has 2 N–H and O–H groups in total. The van der Waals surface area contributed by atoms with Crippen LogP contribution in [-0.4, -0.2) is 31.7 Å². The van der Waals surface area contributed by atoms with Gasteiger partial charge >= 0.3 is 11.8 Å². The molecule has 0 spiro atoms. The van der Waals surface area contributed by atoms with Gasteiger partial charge in [0.2, 0.25) is 0 Å². The normalized spacial score (nSPS) is 10.6. The standard InChI is InChI=1S/C19H19Cl2N3O4/c1-3-22-18(25)19(26)24-23-10-12-8-15(21)17(16(9-12)27-2)28-11-13-6-4-5-7-14(13)20/h4-10H,3,11H2,1-2H3,(H,22,25)(H,24,26)/b23-10-. The minimum Gasteiger partial charge on any atom is -0.493 e. The maximum Gasteiger partial charge on any atom is 0.329 e. The van der Waals surface area contributed by atoms with E-state index in [4.69, 9.17) is 32.7 Å². The summed E-state index contributed by atoms with van der Waals surface area (Å²) in [6.45, 7) is 2.27. The second-order valence-corrected chi connectivity index (χ2v) is 6.29. The highest BCUT2D eigenvalue weighted by atomic mass is 35.5. The summed E-state index contributed by atoms with van der Waals surface area (Å²) >= 11 is 12.4. The van der Waals surface area contributed by atoms with Gasteiger partial charge in [-0.1, -0.05) is 41.4 Å². The molecule has 0 aliphatic carbocycles. The minimum absolute atomic E-state index is 0.214. The molecule has 2 aromatic carbocycles. The second kappa shape index (κ2) is 10.5. The van der Waals surface area contributed by atoms with Gasteiger partial charge in [0.05, 0.1) is 18.3 Å². The zero-order chi connectivity index (χ0) is 20.5. The van der Waals surface area contributed by atoms with Gasteiger partial charge in [-0.2, -0.15) is 5.10 Å². The molecule has 0 aliphatic heterocycles. The third-order valence-electron chi connectivity index (χ3n) is 3.50. The number of nitrogens with one attached hydrogen (secondary N) is 2. The maximum atomic E-state index is 11.5. The highest BCUT2D eigenvalue weighted by molar-refractivity contribution is 6.35. The van der Waals surface area contributed by atoms with E-state index in [1.807, 2.05) is 18.2 Å². The van der Waals surface area contributed by atoms with E-state index in [0.717, 1.165) is 5.56 Å². The molecule has 0 bridgehead atoms. The molecular weight excluding hydrogens is 405 g/mol. The number of halogens is 2. The van der Waals surface area contributed by atoms with E-state index in [1.165, 1.54) is 13.3 Å². The monoisotopic (exact) mass is 423 g/mol. The Hall–Kier alpha value is -2.77. The van der Waals surface area contributed by atoms with Crippen molar-refractivity contribution in [3.8, 4) is 11.5 Å². The van der Waals surface area contributed by atoms with E-state index in [0.29, 0.717) is 33.7 Å². The fourth-order valence-corrected chi connectivity index (χ4v) is 2.64. The number of amides is 2. The number of methoxy groups -OCH3 is 1. The Kier molecular flexibility index (Phi) is 8.10. The van der Waals surface area contributed by atoms with Gasteiger partial charge < -0.3 is 14.8 Å². The Labute approximate surface area is 172 Å². The molecule has 148 valence electrons. The van der Waals surface area contributed by atoms with E-state index in [1.54, 1.807) is 25.1 Å². The Balaban J connectivity index is 2.10. The van der Waals surface area contributed by atoms with Gasteiger partial charge in [-0.3, -0.25) is 9.59 Å². The Morgan fingerprint density at radius 3 is 2.57 bits per heavy atom. The van der Waals surface area contributed by atoms with Crippen LogP contribution in [0.2, 0.25) is 10.0 Å². The van der Waals surface area contributed by atoms with Gasteiger partial charge in [0.1, 0.15) is 6.61 Å². The Bertz CT molecular complexity index is 887. The topological polar surface area (TPSA) is 89.0 Å². The van der Waals surface area contributed by atoms with Crippen LogP contribution >= 0.6 is 23.2 Å². The van der Waals surface area contributed by atoms with Gasteiger partial charge in [-0.25, -0.2) is 5.43 Å². The summed E-state index contributed by atoms with van der Waals surface area (Å²) in [5, 5.41) is 6.99. The predicted octanol–water partition coefficient (Wildman–Crippen LogP) is 3.17. The van der Waals surface area contributed by atoms with Crippen molar-refractivity contribution >= 4 is 41.2 Å². The average Bonchev–Trinajstić information content (AvgIpc) is 2.68. The molecule has 0 saturated heterocycles. The first kappa shape index (κ1) is 21.5. The SMILES string of the molecule is CCNC(=O)C(=O)N/N=C\c1cc(Cl)c(OCc2ccccc2Cl)c(OC)c1. The van der Waals surface area contributed by atoms with Crippen molar-refractivity contribution in [1.82, 2.24) is 10.7 Å². The number of hydrogen-bond acceptors (Lipinski definition) is 5. The molecule has 0 aliphatic rings. The van der Waals surface area contributed by atoms with E-state index >= 15 is 0 Å². The van der Waals surface area contributed by atoms with Gasteiger partial charge in [0, 0.05) is 17.1 Å². The number of likely N-dealkylation sites (N-methyl/N-ethyl adjacent to an activating group) is 1.